The van der Waals surface area contributed by atoms with Gasteiger partial charge in [0.2, 0.25) is 11.8 Å². The van der Waals surface area contributed by atoms with Crippen LogP contribution in [0.15, 0.2) is 18.2 Å². The molecule has 7 heteroatoms. The van der Waals surface area contributed by atoms with Crippen LogP contribution >= 0.6 is 12.4 Å². The molecule has 1 saturated heterocycles. The lowest BCUT2D eigenvalue weighted by molar-refractivity contribution is -0.118. The van der Waals surface area contributed by atoms with Crippen LogP contribution in [-0.2, 0) is 9.59 Å². The lowest BCUT2D eigenvalue weighted by atomic mass is 9.92. The highest BCUT2D eigenvalue weighted by molar-refractivity contribution is 5.97. The average Bonchev–Trinajstić information content (AvgIpc) is 3.21. The largest absolute Gasteiger partial charge is 0.495 e. The third-order valence-corrected chi connectivity index (χ3v) is 4.88. The summed E-state index contributed by atoms with van der Waals surface area (Å²) in [7, 11) is 1.56. The van der Waals surface area contributed by atoms with Gasteiger partial charge in [-0.25, -0.2) is 0 Å². The minimum absolute atomic E-state index is 0. The number of hydrogen-bond acceptors (Lipinski definition) is 4. The molecule has 1 aliphatic carbocycles. The Morgan fingerprint density at radius 3 is 2.58 bits per heavy atom. The van der Waals surface area contributed by atoms with Crippen molar-refractivity contribution in [3.05, 3.63) is 18.2 Å². The highest BCUT2D eigenvalue weighted by atomic mass is 35.5. The van der Waals surface area contributed by atoms with Gasteiger partial charge in [-0.1, -0.05) is 0 Å². The van der Waals surface area contributed by atoms with E-state index in [1.165, 1.54) is 6.92 Å². The van der Waals surface area contributed by atoms with E-state index >= 15 is 0 Å². The summed E-state index contributed by atoms with van der Waals surface area (Å²) in [4.78, 5) is 23.8. The van der Waals surface area contributed by atoms with E-state index in [-0.39, 0.29) is 35.6 Å². The van der Waals surface area contributed by atoms with E-state index < -0.39 is 0 Å². The van der Waals surface area contributed by atoms with Crippen molar-refractivity contribution in [1.82, 2.24) is 5.32 Å². The molecule has 0 radical (unpaired) electrons. The summed E-state index contributed by atoms with van der Waals surface area (Å²) >= 11 is 0. The first kappa shape index (κ1) is 18.5. The molecule has 1 saturated carbocycles. The molecule has 1 aromatic carbocycles. The maximum absolute atomic E-state index is 12.6. The predicted octanol–water partition coefficient (Wildman–Crippen LogP) is 2.40. The summed E-state index contributed by atoms with van der Waals surface area (Å²) in [5.41, 5.74) is 1.43. The van der Waals surface area contributed by atoms with E-state index in [1.807, 2.05) is 0 Å². The number of anilines is 2. The molecule has 6 nitrogen and oxygen atoms in total. The van der Waals surface area contributed by atoms with Gasteiger partial charge in [-0.2, -0.15) is 0 Å². The van der Waals surface area contributed by atoms with Crippen LogP contribution in [0.5, 0.6) is 5.75 Å². The van der Waals surface area contributed by atoms with Crippen molar-refractivity contribution in [2.75, 3.05) is 30.8 Å². The standard InChI is InChI=1S/C17H23N3O3.ClH/c1-11(21)19-12-3-4-15(23-2)14(9-12)20-16(22)13-10-17(13)5-7-18-8-6-17;/h3-4,9,13,18H,5-8,10H2,1-2H3,(H,19,21)(H,20,22);1H. The van der Waals surface area contributed by atoms with Gasteiger partial charge in [-0.15, -0.1) is 12.4 Å². The quantitative estimate of drug-likeness (QED) is 0.776. The van der Waals surface area contributed by atoms with E-state index in [0.717, 1.165) is 32.4 Å². The van der Waals surface area contributed by atoms with Crippen molar-refractivity contribution in [2.45, 2.75) is 26.2 Å². The molecule has 1 atom stereocenters. The number of carbonyl (C=O) groups excluding carboxylic acids is 2. The summed E-state index contributed by atoms with van der Waals surface area (Å²) in [5, 5.41) is 9.03. The third-order valence-electron chi connectivity index (χ3n) is 4.88. The molecule has 1 spiro atoms. The first-order valence-electron chi connectivity index (χ1n) is 8.01. The fraction of sp³-hybridized carbons (Fsp3) is 0.529. The van der Waals surface area contributed by atoms with Crippen molar-refractivity contribution >= 4 is 35.6 Å². The molecule has 24 heavy (non-hydrogen) atoms. The van der Waals surface area contributed by atoms with Crippen LogP contribution in [0.1, 0.15) is 26.2 Å². The zero-order chi connectivity index (χ0) is 16.4. The van der Waals surface area contributed by atoms with E-state index in [4.69, 9.17) is 4.74 Å². The molecule has 0 bridgehead atoms. The molecule has 3 N–H and O–H groups in total. The van der Waals surface area contributed by atoms with Gasteiger partial charge >= 0.3 is 0 Å². The molecule has 2 amide bonds. The monoisotopic (exact) mass is 353 g/mol. The molecular formula is C17H24ClN3O3. The molecule has 132 valence electrons. The molecule has 0 aromatic heterocycles. The Labute approximate surface area is 148 Å². The number of amides is 2. The number of methoxy groups -OCH3 is 1. The van der Waals surface area contributed by atoms with Crippen LogP contribution in [-0.4, -0.2) is 32.0 Å². The Morgan fingerprint density at radius 1 is 1.25 bits per heavy atom. The normalized spacial score (nSPS) is 20.7. The van der Waals surface area contributed by atoms with Crippen LogP contribution in [0, 0.1) is 11.3 Å². The lowest BCUT2D eigenvalue weighted by Crippen LogP contribution is -2.31. The number of hydrogen-bond donors (Lipinski definition) is 3. The van der Waals surface area contributed by atoms with Gasteiger partial charge in [0.05, 0.1) is 12.8 Å². The van der Waals surface area contributed by atoms with Crippen molar-refractivity contribution in [3.63, 3.8) is 0 Å². The molecule has 1 unspecified atom stereocenters. The van der Waals surface area contributed by atoms with Crippen molar-refractivity contribution < 1.29 is 14.3 Å². The molecular weight excluding hydrogens is 330 g/mol. The Balaban J connectivity index is 0.00000208. The predicted molar refractivity (Wildman–Crippen MR) is 95.8 cm³/mol. The minimum atomic E-state index is -0.150. The smallest absolute Gasteiger partial charge is 0.228 e. The Morgan fingerprint density at radius 2 is 1.96 bits per heavy atom. The van der Waals surface area contributed by atoms with Gasteiger partial charge in [0.25, 0.3) is 0 Å². The van der Waals surface area contributed by atoms with E-state index in [0.29, 0.717) is 17.1 Å². The Hall–Kier alpha value is -1.79. The number of piperidine rings is 1. The van der Waals surface area contributed by atoms with Gasteiger partial charge < -0.3 is 20.7 Å². The van der Waals surface area contributed by atoms with Crippen LogP contribution < -0.4 is 20.7 Å². The summed E-state index contributed by atoms with van der Waals surface area (Å²) in [5.74, 6) is 0.569. The number of carbonyl (C=O) groups is 2. The van der Waals surface area contributed by atoms with Crippen LogP contribution in [0.4, 0.5) is 11.4 Å². The Bertz CT molecular complexity index is 630. The average molecular weight is 354 g/mol. The van der Waals surface area contributed by atoms with Crippen LogP contribution in [0.25, 0.3) is 0 Å². The van der Waals surface area contributed by atoms with Gasteiger partial charge in [0.1, 0.15) is 5.75 Å². The topological polar surface area (TPSA) is 79.5 Å². The summed E-state index contributed by atoms with van der Waals surface area (Å²) < 4.78 is 5.31. The summed E-state index contributed by atoms with van der Waals surface area (Å²) in [6.45, 7) is 3.43. The molecule has 2 aliphatic rings. The number of benzene rings is 1. The summed E-state index contributed by atoms with van der Waals surface area (Å²) in [6.07, 6.45) is 3.09. The molecule has 1 heterocycles. The summed E-state index contributed by atoms with van der Waals surface area (Å²) in [6, 6.07) is 5.23. The zero-order valence-electron chi connectivity index (χ0n) is 14.0. The number of nitrogens with one attached hydrogen (secondary N) is 3. The third kappa shape index (κ3) is 3.82. The molecule has 1 aliphatic heterocycles. The van der Waals surface area contributed by atoms with Gasteiger partial charge in [-0.3, -0.25) is 9.59 Å². The van der Waals surface area contributed by atoms with Crippen molar-refractivity contribution in [2.24, 2.45) is 11.3 Å². The first-order valence-corrected chi connectivity index (χ1v) is 8.01. The molecule has 3 rings (SSSR count). The Kier molecular flexibility index (Phi) is 5.72. The zero-order valence-corrected chi connectivity index (χ0v) is 14.8. The first-order chi connectivity index (χ1) is 11.0. The maximum Gasteiger partial charge on any atom is 0.228 e. The lowest BCUT2D eigenvalue weighted by Gasteiger charge is -2.23. The van der Waals surface area contributed by atoms with Crippen molar-refractivity contribution in [1.29, 1.82) is 0 Å². The van der Waals surface area contributed by atoms with E-state index in [1.54, 1.807) is 25.3 Å². The van der Waals surface area contributed by atoms with Gasteiger partial charge in [-0.05, 0) is 56.0 Å². The van der Waals surface area contributed by atoms with Crippen molar-refractivity contribution in [3.8, 4) is 5.75 Å². The SMILES string of the molecule is COc1ccc(NC(C)=O)cc1NC(=O)C1CC12CCNCC2.Cl. The number of ether oxygens (including phenoxy) is 1. The number of rotatable bonds is 4. The second kappa shape index (κ2) is 7.40. The highest BCUT2D eigenvalue weighted by Gasteiger charge is 2.57. The van der Waals surface area contributed by atoms with Crippen LogP contribution in [0.3, 0.4) is 0 Å². The highest BCUT2D eigenvalue weighted by Crippen LogP contribution is 2.58. The second-order valence-electron chi connectivity index (χ2n) is 6.45. The van der Waals surface area contributed by atoms with Gasteiger partial charge in [0.15, 0.2) is 0 Å². The van der Waals surface area contributed by atoms with Gasteiger partial charge in [0, 0.05) is 18.5 Å². The van der Waals surface area contributed by atoms with E-state index in [2.05, 4.69) is 16.0 Å². The molecule has 1 aromatic rings. The van der Waals surface area contributed by atoms with E-state index in [9.17, 15) is 9.59 Å². The van der Waals surface area contributed by atoms with Crippen LogP contribution in [0.2, 0.25) is 0 Å². The fourth-order valence-corrected chi connectivity index (χ4v) is 3.50. The minimum Gasteiger partial charge on any atom is -0.495 e. The molecule has 2 fully saturated rings. The second-order valence-corrected chi connectivity index (χ2v) is 6.45. The maximum atomic E-state index is 12.6. The number of halogens is 1. The fourth-order valence-electron chi connectivity index (χ4n) is 3.50.